The minimum absolute atomic E-state index is 0.0320. The summed E-state index contributed by atoms with van der Waals surface area (Å²) in [5.74, 6) is -0.0320. The molecule has 1 aliphatic heterocycles. The van der Waals surface area contributed by atoms with Gasteiger partial charge in [0.2, 0.25) is 0 Å². The number of hydrogen-bond acceptors (Lipinski definition) is 4. The Morgan fingerprint density at radius 2 is 1.85 bits per heavy atom. The fourth-order valence-corrected chi connectivity index (χ4v) is 5.61. The third kappa shape index (κ3) is 4.52. The molecule has 1 saturated carbocycles. The number of piperazine rings is 1. The van der Waals surface area contributed by atoms with E-state index in [0.717, 1.165) is 56.5 Å². The molecular weight excluding hydrogens is 424 g/mol. The van der Waals surface area contributed by atoms with E-state index in [1.165, 1.54) is 5.56 Å². The molecule has 2 unspecified atom stereocenters. The molecule has 0 bridgehead atoms. The first kappa shape index (κ1) is 22.8. The van der Waals surface area contributed by atoms with Gasteiger partial charge in [0.1, 0.15) is 0 Å². The van der Waals surface area contributed by atoms with Crippen molar-refractivity contribution in [1.82, 2.24) is 19.8 Å². The predicted molar refractivity (Wildman–Crippen MR) is 134 cm³/mol. The van der Waals surface area contributed by atoms with E-state index in [0.29, 0.717) is 12.2 Å². The van der Waals surface area contributed by atoms with E-state index in [4.69, 9.17) is 4.98 Å². The zero-order chi connectivity index (χ0) is 23.5. The molecule has 178 valence electrons. The molecule has 2 fully saturated rings. The average Bonchev–Trinajstić information content (AvgIpc) is 3.29. The van der Waals surface area contributed by atoms with Crippen molar-refractivity contribution in [2.24, 2.45) is 0 Å². The average molecular weight is 459 g/mol. The summed E-state index contributed by atoms with van der Waals surface area (Å²) >= 11 is 0. The molecule has 1 aromatic heterocycles. The number of carbonyl (C=O) groups excluding carboxylic acids is 1. The van der Waals surface area contributed by atoms with Gasteiger partial charge in [0, 0.05) is 31.2 Å². The Labute approximate surface area is 201 Å². The molecule has 2 aromatic carbocycles. The minimum Gasteiger partial charge on any atom is -0.388 e. The van der Waals surface area contributed by atoms with Crippen molar-refractivity contribution in [1.29, 1.82) is 0 Å². The van der Waals surface area contributed by atoms with Crippen LogP contribution in [0.15, 0.2) is 67.0 Å². The van der Waals surface area contributed by atoms with Gasteiger partial charge in [0.05, 0.1) is 23.7 Å². The molecular formula is C28H34N4O2. The van der Waals surface area contributed by atoms with Crippen LogP contribution in [0.25, 0.3) is 11.3 Å². The third-order valence-electron chi connectivity index (χ3n) is 7.43. The van der Waals surface area contributed by atoms with Crippen molar-refractivity contribution in [2.75, 3.05) is 19.6 Å². The van der Waals surface area contributed by atoms with Crippen LogP contribution >= 0.6 is 0 Å². The Hall–Kier alpha value is -2.96. The van der Waals surface area contributed by atoms with E-state index in [9.17, 15) is 9.90 Å². The van der Waals surface area contributed by atoms with Gasteiger partial charge in [-0.25, -0.2) is 4.98 Å². The minimum atomic E-state index is -0.826. The Balaban J connectivity index is 1.52. The molecule has 0 radical (unpaired) electrons. The first-order valence-electron chi connectivity index (χ1n) is 12.4. The molecule has 1 aliphatic carbocycles. The first-order chi connectivity index (χ1) is 16.5. The van der Waals surface area contributed by atoms with Gasteiger partial charge in [-0.3, -0.25) is 4.79 Å². The normalized spacial score (nSPS) is 25.3. The highest BCUT2D eigenvalue weighted by Crippen LogP contribution is 2.40. The zero-order valence-electron chi connectivity index (χ0n) is 19.9. The summed E-state index contributed by atoms with van der Waals surface area (Å²) in [5.41, 5.74) is 2.65. The van der Waals surface area contributed by atoms with Crippen LogP contribution in [0.3, 0.4) is 0 Å². The Kier molecular flexibility index (Phi) is 6.53. The molecule has 2 N–H and O–H groups in total. The summed E-state index contributed by atoms with van der Waals surface area (Å²) in [6.07, 6.45) is 6.29. The van der Waals surface area contributed by atoms with Crippen LogP contribution in [0.4, 0.5) is 0 Å². The maximum absolute atomic E-state index is 14.0. The lowest BCUT2D eigenvalue weighted by molar-refractivity contribution is -0.0243. The van der Waals surface area contributed by atoms with Gasteiger partial charge in [-0.05, 0) is 31.7 Å². The van der Waals surface area contributed by atoms with Crippen molar-refractivity contribution in [3.63, 3.8) is 0 Å². The Morgan fingerprint density at radius 3 is 2.59 bits per heavy atom. The number of carbonyl (C=O) groups is 1. The molecule has 3 aromatic rings. The number of nitrogens with zero attached hydrogens (tertiary/aromatic N) is 3. The van der Waals surface area contributed by atoms with Crippen molar-refractivity contribution < 1.29 is 9.90 Å². The number of benzene rings is 2. The Morgan fingerprint density at radius 1 is 1.12 bits per heavy atom. The van der Waals surface area contributed by atoms with Gasteiger partial charge in [-0.15, -0.1) is 0 Å². The number of amides is 1. The quantitative estimate of drug-likeness (QED) is 0.605. The van der Waals surface area contributed by atoms with Crippen LogP contribution < -0.4 is 5.32 Å². The summed E-state index contributed by atoms with van der Waals surface area (Å²) in [5, 5.41) is 14.7. The highest BCUT2D eigenvalue weighted by Gasteiger charge is 2.39. The second-order valence-corrected chi connectivity index (χ2v) is 9.88. The molecule has 34 heavy (non-hydrogen) atoms. The number of aliphatic hydroxyl groups is 1. The smallest absolute Gasteiger partial charge is 0.275 e. The lowest BCUT2D eigenvalue weighted by atomic mass is 9.81. The highest BCUT2D eigenvalue weighted by atomic mass is 16.3. The number of aromatic nitrogens is 2. The van der Waals surface area contributed by atoms with Crippen LogP contribution in [-0.4, -0.2) is 56.7 Å². The third-order valence-corrected chi connectivity index (χ3v) is 7.43. The summed E-state index contributed by atoms with van der Waals surface area (Å²) in [6.45, 7) is 4.10. The second-order valence-electron chi connectivity index (χ2n) is 9.88. The van der Waals surface area contributed by atoms with E-state index >= 15 is 0 Å². The van der Waals surface area contributed by atoms with Crippen molar-refractivity contribution in [2.45, 2.75) is 56.7 Å². The van der Waals surface area contributed by atoms with Gasteiger partial charge in [-0.1, -0.05) is 73.5 Å². The summed E-state index contributed by atoms with van der Waals surface area (Å²) < 4.78 is 2.07. The van der Waals surface area contributed by atoms with E-state index < -0.39 is 5.60 Å². The number of hydrogen-bond donors (Lipinski definition) is 2. The lowest BCUT2D eigenvalue weighted by Gasteiger charge is -2.39. The van der Waals surface area contributed by atoms with Crippen molar-refractivity contribution in [3.8, 4) is 11.3 Å². The van der Waals surface area contributed by atoms with Crippen LogP contribution in [0, 0.1) is 0 Å². The van der Waals surface area contributed by atoms with Crippen molar-refractivity contribution in [3.05, 3.63) is 78.2 Å². The first-order valence-corrected chi connectivity index (χ1v) is 12.4. The molecule has 5 rings (SSSR count). The van der Waals surface area contributed by atoms with Crippen molar-refractivity contribution >= 4 is 5.91 Å². The lowest BCUT2D eigenvalue weighted by Crippen LogP contribution is -2.54. The zero-order valence-corrected chi connectivity index (χ0v) is 19.9. The summed E-state index contributed by atoms with van der Waals surface area (Å²) in [6, 6.07) is 20.3. The standard InChI is InChI=1S/C28H34N4O2/c1-28(34)15-9-8-14-24(28)32-20-30-25(26(32)22-12-6-3-7-13-22)27(33)31-17-16-29-19-23(31)18-21-10-4-2-5-11-21/h2-7,10-13,20,23-24,29,34H,8-9,14-19H2,1H3/t23-,24?,28?/m1/s1. The molecule has 0 spiro atoms. The van der Waals surface area contributed by atoms with Gasteiger partial charge >= 0.3 is 0 Å². The molecule has 6 nitrogen and oxygen atoms in total. The monoisotopic (exact) mass is 458 g/mol. The van der Waals surface area contributed by atoms with Gasteiger partial charge in [0.15, 0.2) is 5.69 Å². The molecule has 6 heteroatoms. The van der Waals surface area contributed by atoms with Crippen LogP contribution in [0.1, 0.15) is 54.7 Å². The maximum atomic E-state index is 14.0. The number of nitrogens with one attached hydrogen (secondary N) is 1. The van der Waals surface area contributed by atoms with E-state index in [2.05, 4.69) is 22.0 Å². The summed E-state index contributed by atoms with van der Waals surface area (Å²) in [7, 11) is 0. The van der Waals surface area contributed by atoms with Crippen LogP contribution in [-0.2, 0) is 6.42 Å². The maximum Gasteiger partial charge on any atom is 0.275 e. The van der Waals surface area contributed by atoms with E-state index in [-0.39, 0.29) is 18.0 Å². The number of rotatable bonds is 5. The summed E-state index contributed by atoms with van der Waals surface area (Å²) in [4.78, 5) is 20.7. The van der Waals surface area contributed by atoms with Gasteiger partial charge in [0.25, 0.3) is 5.91 Å². The topological polar surface area (TPSA) is 70.4 Å². The fraction of sp³-hybridized carbons (Fsp3) is 0.429. The highest BCUT2D eigenvalue weighted by molar-refractivity contribution is 5.98. The molecule has 2 heterocycles. The SMILES string of the molecule is CC1(O)CCCCC1n1cnc(C(=O)N2CCNC[C@H]2Cc2ccccc2)c1-c1ccccc1. The molecule has 1 saturated heterocycles. The largest absolute Gasteiger partial charge is 0.388 e. The van der Waals surface area contributed by atoms with Crippen LogP contribution in [0.2, 0.25) is 0 Å². The van der Waals surface area contributed by atoms with Gasteiger partial charge < -0.3 is 19.9 Å². The predicted octanol–water partition coefficient (Wildman–Crippen LogP) is 4.07. The molecule has 3 atom stereocenters. The molecule has 2 aliphatic rings. The molecule has 1 amide bonds. The van der Waals surface area contributed by atoms with E-state index in [1.54, 1.807) is 6.33 Å². The second kappa shape index (κ2) is 9.72. The van der Waals surface area contributed by atoms with E-state index in [1.807, 2.05) is 60.4 Å². The number of imidazole rings is 1. The van der Waals surface area contributed by atoms with Gasteiger partial charge in [-0.2, -0.15) is 0 Å². The fourth-order valence-electron chi connectivity index (χ4n) is 5.61. The van der Waals surface area contributed by atoms with Crippen LogP contribution in [0.5, 0.6) is 0 Å². The Bertz CT molecular complexity index is 1110.